The quantitative estimate of drug-likeness (QED) is 0.747. The van der Waals surface area contributed by atoms with E-state index in [1.54, 1.807) is 0 Å². The topological polar surface area (TPSA) is 43.8 Å². The number of Topliss-reactive ketones (excluding diaryl/α,β-unsaturated/α-hetero) is 1. The van der Waals surface area contributed by atoms with Crippen LogP contribution in [0.15, 0.2) is 72.1 Å². The minimum absolute atomic E-state index is 0.0952. The van der Waals surface area contributed by atoms with Crippen molar-refractivity contribution in [2.24, 2.45) is 11.8 Å². The molecule has 4 nitrogen and oxygen atoms in total. The van der Waals surface area contributed by atoms with E-state index in [-0.39, 0.29) is 16.6 Å². The van der Waals surface area contributed by atoms with Crippen molar-refractivity contribution in [3.63, 3.8) is 0 Å². The average molecular weight is 429 g/mol. The molecule has 2 aliphatic heterocycles. The Bertz CT molecular complexity index is 1080. The smallest absolute Gasteiger partial charge is 0.151 e. The van der Waals surface area contributed by atoms with E-state index in [4.69, 9.17) is 0 Å². The highest BCUT2D eigenvalue weighted by Gasteiger charge is 2.50. The molecule has 1 N–H and O–H groups in total. The van der Waals surface area contributed by atoms with E-state index in [1.807, 2.05) is 38.4 Å². The molecule has 2 aromatic carbocycles. The van der Waals surface area contributed by atoms with E-state index in [9.17, 15) is 9.90 Å². The van der Waals surface area contributed by atoms with Crippen molar-refractivity contribution >= 4 is 17.2 Å². The Hall–Kier alpha value is -2.85. The summed E-state index contributed by atoms with van der Waals surface area (Å²) in [6.45, 7) is 8.74. The van der Waals surface area contributed by atoms with Gasteiger partial charge in [0.1, 0.15) is 0 Å². The van der Waals surface area contributed by atoms with Crippen molar-refractivity contribution < 1.29 is 9.90 Å². The number of allylic oxidation sites excluding steroid dienone is 2. The second-order valence-electron chi connectivity index (χ2n) is 10.5. The number of fused-ring (bicyclic) bond motifs is 2. The second-order valence-corrected chi connectivity index (χ2v) is 10.5. The molecular formula is C28H32N2O2. The zero-order valence-electron chi connectivity index (χ0n) is 19.8. The van der Waals surface area contributed by atoms with Gasteiger partial charge in [0.2, 0.25) is 0 Å². The van der Waals surface area contributed by atoms with Crippen molar-refractivity contribution in [3.8, 4) is 0 Å². The molecule has 0 aromatic heterocycles. The maximum Gasteiger partial charge on any atom is 0.151 e. The van der Waals surface area contributed by atoms with Crippen molar-refractivity contribution in [2.45, 2.75) is 44.6 Å². The molecule has 0 spiro atoms. The maximum absolute atomic E-state index is 13.2. The van der Waals surface area contributed by atoms with E-state index < -0.39 is 17.9 Å². The lowest BCUT2D eigenvalue weighted by molar-refractivity contribution is -0.143. The number of carbonyl (C=O) groups excluding carboxylic acids is 1. The standard InChI is InChI=1S/C28H32N2O2/c1-27(2)19-11-7-9-13-21(19)29(5)23(27)15-17-25(31)18(26(17)32)16-24-28(3,4)20-12-8-10-14-22(20)30(24)6/h7-18,25,31H,1-6H3. The first kappa shape index (κ1) is 21.0. The van der Waals surface area contributed by atoms with Gasteiger partial charge in [-0.2, -0.15) is 0 Å². The third-order valence-electron chi connectivity index (χ3n) is 7.95. The SMILES string of the molecule is CN1C(=CC2C(=O)C(C=C3N(C)c4ccccc4C3(C)C)C2O)C(C)(C)c2ccccc21. The molecule has 3 aliphatic rings. The first-order valence-electron chi connectivity index (χ1n) is 11.4. The van der Waals surface area contributed by atoms with Crippen LogP contribution in [0.2, 0.25) is 0 Å². The molecule has 2 aromatic rings. The molecule has 1 aliphatic carbocycles. The Morgan fingerprint density at radius 1 is 0.750 bits per heavy atom. The number of anilines is 2. The predicted octanol–water partition coefficient (Wildman–Crippen LogP) is 4.79. The van der Waals surface area contributed by atoms with Crippen LogP contribution in [0.1, 0.15) is 38.8 Å². The number of likely N-dealkylation sites (N-methyl/N-ethyl adjacent to an activating group) is 2. The normalized spacial score (nSPS) is 30.0. The van der Waals surface area contributed by atoms with Gasteiger partial charge in [0, 0.05) is 47.7 Å². The van der Waals surface area contributed by atoms with Crippen LogP contribution in [0.5, 0.6) is 0 Å². The number of rotatable bonds is 2. The van der Waals surface area contributed by atoms with E-state index >= 15 is 0 Å². The fourth-order valence-electron chi connectivity index (χ4n) is 5.97. The lowest BCUT2D eigenvalue weighted by atomic mass is 9.67. The van der Waals surface area contributed by atoms with Crippen LogP contribution in [0.4, 0.5) is 11.4 Å². The number of benzene rings is 2. The van der Waals surface area contributed by atoms with Crippen molar-refractivity contribution in [3.05, 3.63) is 83.2 Å². The van der Waals surface area contributed by atoms with Gasteiger partial charge in [0.05, 0.1) is 17.9 Å². The number of ketones is 1. The molecule has 0 saturated heterocycles. The third-order valence-corrected chi connectivity index (χ3v) is 7.95. The summed E-state index contributed by atoms with van der Waals surface area (Å²) in [6.07, 6.45) is 3.30. The fourth-order valence-corrected chi connectivity index (χ4v) is 5.97. The predicted molar refractivity (Wildman–Crippen MR) is 130 cm³/mol. The van der Waals surface area contributed by atoms with Gasteiger partial charge in [0.15, 0.2) is 5.78 Å². The summed E-state index contributed by atoms with van der Waals surface area (Å²) in [4.78, 5) is 17.6. The molecule has 4 heteroatoms. The molecule has 0 amide bonds. The van der Waals surface area contributed by atoms with Crippen LogP contribution in [0, 0.1) is 11.8 Å². The third kappa shape index (κ3) is 2.69. The maximum atomic E-state index is 13.2. The Morgan fingerprint density at radius 3 is 1.47 bits per heavy atom. The van der Waals surface area contributed by atoms with Crippen LogP contribution < -0.4 is 9.80 Å². The number of hydrogen-bond donors (Lipinski definition) is 1. The first-order valence-corrected chi connectivity index (χ1v) is 11.4. The van der Waals surface area contributed by atoms with Crippen molar-refractivity contribution in [1.29, 1.82) is 0 Å². The van der Waals surface area contributed by atoms with Gasteiger partial charge in [-0.25, -0.2) is 0 Å². The number of nitrogens with zero attached hydrogens (tertiary/aromatic N) is 2. The van der Waals surface area contributed by atoms with Gasteiger partial charge in [0.25, 0.3) is 0 Å². The highest BCUT2D eigenvalue weighted by atomic mass is 16.3. The van der Waals surface area contributed by atoms with Crippen LogP contribution in [-0.2, 0) is 15.6 Å². The molecule has 1 saturated carbocycles. The summed E-state index contributed by atoms with van der Waals surface area (Å²) in [6, 6.07) is 16.7. The lowest BCUT2D eigenvalue weighted by Gasteiger charge is -2.39. The number of aliphatic hydroxyl groups is 1. The minimum Gasteiger partial charge on any atom is -0.391 e. The summed E-state index contributed by atoms with van der Waals surface area (Å²) in [5.74, 6) is -0.849. The molecule has 5 rings (SSSR count). The molecule has 166 valence electrons. The first-order chi connectivity index (χ1) is 15.1. The number of para-hydroxylation sites is 2. The van der Waals surface area contributed by atoms with E-state index in [1.165, 1.54) is 11.1 Å². The van der Waals surface area contributed by atoms with Crippen LogP contribution in [-0.4, -0.2) is 31.1 Å². The number of carbonyl (C=O) groups is 1. The molecule has 2 atom stereocenters. The molecule has 0 bridgehead atoms. The Morgan fingerprint density at radius 2 is 1.12 bits per heavy atom. The number of aliphatic hydroxyl groups excluding tert-OH is 1. The molecular weight excluding hydrogens is 396 g/mol. The largest absolute Gasteiger partial charge is 0.391 e. The van der Waals surface area contributed by atoms with Gasteiger partial charge in [-0.3, -0.25) is 4.79 Å². The van der Waals surface area contributed by atoms with Gasteiger partial charge in [-0.15, -0.1) is 0 Å². The molecule has 2 unspecified atom stereocenters. The van der Waals surface area contributed by atoms with E-state index in [2.05, 4.69) is 73.9 Å². The van der Waals surface area contributed by atoms with Crippen molar-refractivity contribution in [2.75, 3.05) is 23.9 Å². The second kappa shape index (κ2) is 6.82. The Kier molecular flexibility index (Phi) is 4.48. The molecule has 2 heterocycles. The van der Waals surface area contributed by atoms with Crippen LogP contribution in [0.3, 0.4) is 0 Å². The lowest BCUT2D eigenvalue weighted by Crippen LogP contribution is -2.51. The monoisotopic (exact) mass is 428 g/mol. The van der Waals surface area contributed by atoms with E-state index in [0.29, 0.717) is 0 Å². The minimum atomic E-state index is -0.705. The summed E-state index contributed by atoms with van der Waals surface area (Å²) in [5, 5.41) is 11.1. The number of hydrogen-bond acceptors (Lipinski definition) is 4. The van der Waals surface area contributed by atoms with Crippen LogP contribution >= 0.6 is 0 Å². The van der Waals surface area contributed by atoms with E-state index in [0.717, 1.165) is 22.8 Å². The molecule has 32 heavy (non-hydrogen) atoms. The zero-order chi connectivity index (χ0) is 23.0. The summed E-state index contributed by atoms with van der Waals surface area (Å²) < 4.78 is 0. The van der Waals surface area contributed by atoms with Crippen molar-refractivity contribution in [1.82, 2.24) is 0 Å². The summed E-state index contributed by atoms with van der Waals surface area (Å²) in [5.41, 5.74) is 6.57. The Balaban J connectivity index is 1.44. The zero-order valence-corrected chi connectivity index (χ0v) is 19.8. The summed E-state index contributed by atoms with van der Waals surface area (Å²) >= 11 is 0. The highest BCUT2D eigenvalue weighted by Crippen LogP contribution is 2.50. The molecule has 0 radical (unpaired) electrons. The highest BCUT2D eigenvalue weighted by molar-refractivity contribution is 5.95. The summed E-state index contributed by atoms with van der Waals surface area (Å²) in [7, 11) is 4.09. The average Bonchev–Trinajstić information content (AvgIpc) is 3.09. The van der Waals surface area contributed by atoms with Gasteiger partial charge in [-0.1, -0.05) is 76.2 Å². The Labute approximate surface area is 190 Å². The van der Waals surface area contributed by atoms with Gasteiger partial charge >= 0.3 is 0 Å². The van der Waals surface area contributed by atoms with Gasteiger partial charge < -0.3 is 14.9 Å². The molecule has 1 fully saturated rings. The fraction of sp³-hybridized carbons (Fsp3) is 0.393. The van der Waals surface area contributed by atoms with Gasteiger partial charge in [-0.05, 0) is 23.3 Å². The van der Waals surface area contributed by atoms with Crippen LogP contribution in [0.25, 0.3) is 0 Å².